The molecule has 2 aromatic rings. The quantitative estimate of drug-likeness (QED) is 0.469. The van der Waals surface area contributed by atoms with E-state index in [4.69, 9.17) is 4.74 Å². The van der Waals surface area contributed by atoms with Gasteiger partial charge < -0.3 is 9.30 Å². The third kappa shape index (κ3) is 2.51. The first kappa shape index (κ1) is 14.0. The van der Waals surface area contributed by atoms with Gasteiger partial charge in [-0.25, -0.2) is 0 Å². The van der Waals surface area contributed by atoms with Crippen LogP contribution in [0.1, 0.15) is 24.7 Å². The highest BCUT2D eigenvalue weighted by atomic mass is 79.9. The van der Waals surface area contributed by atoms with Crippen molar-refractivity contribution in [2.75, 3.05) is 7.11 Å². The molecule has 3 rings (SSSR count). The van der Waals surface area contributed by atoms with Crippen LogP contribution in [0, 0.1) is 10.1 Å². The van der Waals surface area contributed by atoms with Gasteiger partial charge in [0.1, 0.15) is 11.6 Å². The summed E-state index contributed by atoms with van der Waals surface area (Å²) in [5, 5.41) is 19.9. The summed E-state index contributed by atoms with van der Waals surface area (Å²) < 4.78 is 7.37. The number of nitro benzene ring substituents is 1. The Morgan fingerprint density at radius 3 is 2.81 bits per heavy atom. The summed E-state index contributed by atoms with van der Waals surface area (Å²) in [5.41, 5.74) is 0.712. The highest BCUT2D eigenvalue weighted by Gasteiger charge is 2.30. The molecule has 0 unspecified atom stereocenters. The molecular weight excluding hydrogens is 340 g/mol. The van der Waals surface area contributed by atoms with Gasteiger partial charge >= 0.3 is 0 Å². The average molecular weight is 353 g/mol. The van der Waals surface area contributed by atoms with E-state index in [9.17, 15) is 10.1 Å². The van der Waals surface area contributed by atoms with E-state index in [0.29, 0.717) is 22.9 Å². The zero-order valence-electron chi connectivity index (χ0n) is 11.3. The number of non-ortho nitro benzene ring substituents is 1. The smallest absolute Gasteiger partial charge is 0.273 e. The SMILES string of the molecule is COc1cc([N+](=O)[O-])ccc1-c1nnc(CBr)n1C1CC1. The maximum absolute atomic E-state index is 10.9. The molecule has 7 nitrogen and oxygen atoms in total. The molecule has 0 N–H and O–H groups in total. The fraction of sp³-hybridized carbons (Fsp3) is 0.385. The first-order chi connectivity index (χ1) is 10.2. The maximum atomic E-state index is 10.9. The molecule has 0 saturated heterocycles. The Balaban J connectivity index is 2.12. The molecule has 1 aliphatic rings. The van der Waals surface area contributed by atoms with Crippen molar-refractivity contribution in [2.24, 2.45) is 0 Å². The minimum absolute atomic E-state index is 0.00574. The van der Waals surface area contributed by atoms with Crippen LogP contribution in [0.5, 0.6) is 5.75 Å². The van der Waals surface area contributed by atoms with Crippen LogP contribution in [0.15, 0.2) is 18.2 Å². The second kappa shape index (κ2) is 5.44. The normalized spacial score (nSPS) is 14.2. The molecule has 0 atom stereocenters. The number of ether oxygens (including phenoxy) is 1. The largest absolute Gasteiger partial charge is 0.496 e. The van der Waals surface area contributed by atoms with Gasteiger partial charge in [0, 0.05) is 12.1 Å². The van der Waals surface area contributed by atoms with Crippen molar-refractivity contribution in [1.29, 1.82) is 0 Å². The van der Waals surface area contributed by atoms with E-state index in [1.165, 1.54) is 19.2 Å². The lowest BCUT2D eigenvalue weighted by Crippen LogP contribution is -2.03. The minimum atomic E-state index is -0.443. The maximum Gasteiger partial charge on any atom is 0.273 e. The van der Waals surface area contributed by atoms with Gasteiger partial charge in [0.05, 0.1) is 29.0 Å². The third-order valence-electron chi connectivity index (χ3n) is 3.43. The van der Waals surface area contributed by atoms with E-state index in [2.05, 4.69) is 30.7 Å². The molecular formula is C13H13BrN4O3. The lowest BCUT2D eigenvalue weighted by Gasteiger charge is -2.10. The average Bonchev–Trinajstić information content (AvgIpc) is 3.25. The van der Waals surface area contributed by atoms with Crippen LogP contribution in [0.25, 0.3) is 11.4 Å². The van der Waals surface area contributed by atoms with E-state index in [1.807, 2.05) is 0 Å². The van der Waals surface area contributed by atoms with Crippen molar-refractivity contribution in [3.05, 3.63) is 34.1 Å². The Bertz CT molecular complexity index is 697. The van der Waals surface area contributed by atoms with Crippen molar-refractivity contribution in [3.8, 4) is 17.1 Å². The van der Waals surface area contributed by atoms with Crippen molar-refractivity contribution in [2.45, 2.75) is 24.2 Å². The molecule has 0 spiro atoms. The predicted molar refractivity (Wildman–Crippen MR) is 79.6 cm³/mol. The van der Waals surface area contributed by atoms with E-state index >= 15 is 0 Å². The molecule has 21 heavy (non-hydrogen) atoms. The number of nitrogens with zero attached hydrogens (tertiary/aromatic N) is 4. The topological polar surface area (TPSA) is 83.1 Å². The summed E-state index contributed by atoms with van der Waals surface area (Å²) in [6.45, 7) is 0. The van der Waals surface area contributed by atoms with Gasteiger partial charge in [-0.15, -0.1) is 10.2 Å². The number of aromatic nitrogens is 3. The standard InChI is InChI=1S/C13H13BrN4O3/c1-21-11-6-9(18(19)20)4-5-10(11)13-16-15-12(7-14)17(13)8-2-3-8/h4-6,8H,2-3,7H2,1H3. The molecule has 0 amide bonds. The van der Waals surface area contributed by atoms with E-state index in [0.717, 1.165) is 24.2 Å². The van der Waals surface area contributed by atoms with E-state index < -0.39 is 4.92 Å². The Labute approximate surface area is 129 Å². The van der Waals surface area contributed by atoms with Gasteiger partial charge in [-0.3, -0.25) is 10.1 Å². The molecule has 1 aliphatic carbocycles. The highest BCUT2D eigenvalue weighted by molar-refractivity contribution is 9.08. The minimum Gasteiger partial charge on any atom is -0.496 e. The monoisotopic (exact) mass is 352 g/mol. The van der Waals surface area contributed by atoms with Crippen molar-refractivity contribution < 1.29 is 9.66 Å². The molecule has 110 valence electrons. The van der Waals surface area contributed by atoms with Crippen LogP contribution >= 0.6 is 15.9 Å². The first-order valence-electron chi connectivity index (χ1n) is 6.48. The van der Waals surface area contributed by atoms with Crippen LogP contribution < -0.4 is 4.74 Å². The fourth-order valence-electron chi connectivity index (χ4n) is 2.29. The van der Waals surface area contributed by atoms with Crippen LogP contribution in [0.2, 0.25) is 0 Å². The van der Waals surface area contributed by atoms with Gasteiger partial charge in [-0.2, -0.15) is 0 Å². The molecule has 1 aromatic carbocycles. The second-order valence-electron chi connectivity index (χ2n) is 4.82. The number of alkyl halides is 1. The van der Waals surface area contributed by atoms with Crippen LogP contribution in [0.4, 0.5) is 5.69 Å². The van der Waals surface area contributed by atoms with Crippen molar-refractivity contribution in [1.82, 2.24) is 14.8 Å². The van der Waals surface area contributed by atoms with Gasteiger partial charge in [0.15, 0.2) is 5.82 Å². The van der Waals surface area contributed by atoms with Crippen LogP contribution in [0.3, 0.4) is 0 Å². The zero-order valence-corrected chi connectivity index (χ0v) is 12.9. The first-order valence-corrected chi connectivity index (χ1v) is 7.60. The summed E-state index contributed by atoms with van der Waals surface area (Å²) in [6.07, 6.45) is 2.20. The number of methoxy groups -OCH3 is 1. The number of halogens is 1. The Kier molecular flexibility index (Phi) is 3.62. The molecule has 0 radical (unpaired) electrons. The molecule has 1 fully saturated rings. The van der Waals surface area contributed by atoms with Crippen LogP contribution in [-0.4, -0.2) is 26.8 Å². The van der Waals surface area contributed by atoms with E-state index in [-0.39, 0.29) is 5.69 Å². The Morgan fingerprint density at radius 1 is 1.48 bits per heavy atom. The molecule has 1 saturated carbocycles. The molecule has 0 aliphatic heterocycles. The Hall–Kier alpha value is -1.96. The van der Waals surface area contributed by atoms with E-state index in [1.54, 1.807) is 6.07 Å². The number of rotatable bonds is 5. The number of hydrogen-bond acceptors (Lipinski definition) is 5. The molecule has 1 heterocycles. The number of benzene rings is 1. The summed E-state index contributed by atoms with van der Waals surface area (Å²) >= 11 is 3.41. The summed E-state index contributed by atoms with van der Waals surface area (Å²) in [7, 11) is 1.49. The van der Waals surface area contributed by atoms with Crippen LogP contribution in [-0.2, 0) is 5.33 Å². The van der Waals surface area contributed by atoms with Gasteiger partial charge in [0.25, 0.3) is 5.69 Å². The van der Waals surface area contributed by atoms with Gasteiger partial charge in [-0.05, 0) is 18.9 Å². The fourth-order valence-corrected chi connectivity index (χ4v) is 2.68. The van der Waals surface area contributed by atoms with Crippen molar-refractivity contribution in [3.63, 3.8) is 0 Å². The lowest BCUT2D eigenvalue weighted by atomic mass is 10.1. The summed E-state index contributed by atoms with van der Waals surface area (Å²) in [4.78, 5) is 10.4. The lowest BCUT2D eigenvalue weighted by molar-refractivity contribution is -0.384. The predicted octanol–water partition coefficient (Wildman–Crippen LogP) is 3.09. The summed E-state index contributed by atoms with van der Waals surface area (Å²) in [6, 6.07) is 4.94. The van der Waals surface area contributed by atoms with Gasteiger partial charge in [0.2, 0.25) is 0 Å². The van der Waals surface area contributed by atoms with Crippen molar-refractivity contribution >= 4 is 21.6 Å². The number of nitro groups is 1. The molecule has 8 heteroatoms. The second-order valence-corrected chi connectivity index (χ2v) is 5.38. The molecule has 1 aromatic heterocycles. The molecule has 0 bridgehead atoms. The van der Waals surface area contributed by atoms with Gasteiger partial charge in [-0.1, -0.05) is 15.9 Å². The summed E-state index contributed by atoms with van der Waals surface area (Å²) in [5.74, 6) is 1.98. The highest BCUT2D eigenvalue weighted by Crippen LogP contribution is 2.41. The zero-order chi connectivity index (χ0) is 15.0. The third-order valence-corrected chi connectivity index (χ3v) is 3.94. The Morgan fingerprint density at radius 2 is 2.24 bits per heavy atom. The number of hydrogen-bond donors (Lipinski definition) is 0.